The molecule has 0 unspecified atom stereocenters. The van der Waals surface area contributed by atoms with Gasteiger partial charge in [0.05, 0.1) is 13.0 Å². The lowest BCUT2D eigenvalue weighted by atomic mass is 10.1. The van der Waals surface area contributed by atoms with Gasteiger partial charge in [-0.15, -0.1) is 0 Å². The van der Waals surface area contributed by atoms with Gasteiger partial charge >= 0.3 is 0 Å². The molecule has 0 spiro atoms. The van der Waals surface area contributed by atoms with Gasteiger partial charge in [0.25, 0.3) is 0 Å². The first-order chi connectivity index (χ1) is 11.1. The number of aryl methyl sites for hydroxylation is 1. The average molecular weight is 316 g/mol. The van der Waals surface area contributed by atoms with Crippen molar-refractivity contribution < 1.29 is 14.1 Å². The SMILES string of the molecule is CCc1ccc(-c2cc(NC(=O)CCOCC(C)C)on2)cc1. The molecule has 0 aliphatic heterocycles. The van der Waals surface area contributed by atoms with Crippen molar-refractivity contribution in [1.82, 2.24) is 5.16 Å². The third-order valence-corrected chi connectivity index (χ3v) is 3.36. The van der Waals surface area contributed by atoms with Crippen LogP contribution in [0.2, 0.25) is 0 Å². The predicted molar refractivity (Wildman–Crippen MR) is 90.2 cm³/mol. The molecule has 2 rings (SSSR count). The van der Waals surface area contributed by atoms with Crippen molar-refractivity contribution in [2.75, 3.05) is 18.5 Å². The summed E-state index contributed by atoms with van der Waals surface area (Å²) in [7, 11) is 0. The van der Waals surface area contributed by atoms with Gasteiger partial charge in [-0.05, 0) is 17.9 Å². The molecule has 1 aromatic carbocycles. The number of amides is 1. The number of hydrogen-bond acceptors (Lipinski definition) is 4. The zero-order chi connectivity index (χ0) is 16.7. The van der Waals surface area contributed by atoms with Crippen LogP contribution in [-0.2, 0) is 16.0 Å². The predicted octanol–water partition coefficient (Wildman–Crippen LogP) is 3.91. The number of carbonyl (C=O) groups excluding carboxylic acids is 1. The van der Waals surface area contributed by atoms with Crippen LogP contribution in [0.3, 0.4) is 0 Å². The number of carbonyl (C=O) groups is 1. The number of nitrogens with one attached hydrogen (secondary N) is 1. The largest absolute Gasteiger partial charge is 0.381 e. The minimum Gasteiger partial charge on any atom is -0.381 e. The van der Waals surface area contributed by atoms with Crippen molar-refractivity contribution in [3.63, 3.8) is 0 Å². The second kappa shape index (κ2) is 8.48. The Morgan fingerprint density at radius 1 is 1.30 bits per heavy atom. The Bertz CT molecular complexity index is 617. The van der Waals surface area contributed by atoms with Crippen molar-refractivity contribution in [2.45, 2.75) is 33.6 Å². The normalized spacial score (nSPS) is 11.0. The second-order valence-electron chi connectivity index (χ2n) is 5.89. The van der Waals surface area contributed by atoms with E-state index in [2.05, 4.69) is 43.4 Å². The summed E-state index contributed by atoms with van der Waals surface area (Å²) >= 11 is 0. The van der Waals surface area contributed by atoms with Gasteiger partial charge in [-0.3, -0.25) is 10.1 Å². The maximum absolute atomic E-state index is 11.8. The smallest absolute Gasteiger partial charge is 0.231 e. The fourth-order valence-electron chi connectivity index (χ4n) is 2.07. The number of rotatable bonds is 8. The highest BCUT2D eigenvalue weighted by molar-refractivity contribution is 5.89. The Morgan fingerprint density at radius 2 is 2.04 bits per heavy atom. The molecule has 0 radical (unpaired) electrons. The molecule has 0 atom stereocenters. The summed E-state index contributed by atoms with van der Waals surface area (Å²) < 4.78 is 10.6. The van der Waals surface area contributed by atoms with Crippen LogP contribution in [0.15, 0.2) is 34.9 Å². The van der Waals surface area contributed by atoms with E-state index in [0.29, 0.717) is 37.1 Å². The monoisotopic (exact) mass is 316 g/mol. The Balaban J connectivity index is 1.85. The topological polar surface area (TPSA) is 64.4 Å². The van der Waals surface area contributed by atoms with Crippen molar-refractivity contribution in [3.8, 4) is 11.3 Å². The number of anilines is 1. The lowest BCUT2D eigenvalue weighted by Gasteiger charge is -2.05. The summed E-state index contributed by atoms with van der Waals surface area (Å²) in [6.07, 6.45) is 1.30. The lowest BCUT2D eigenvalue weighted by Crippen LogP contribution is -2.14. The standard InChI is InChI=1S/C18H24N2O3/c1-4-14-5-7-15(8-6-14)16-11-18(23-20-16)19-17(21)9-10-22-12-13(2)3/h5-8,11,13H,4,9-10,12H2,1-3H3,(H,19,21). The fraction of sp³-hybridized carbons (Fsp3) is 0.444. The van der Waals surface area contributed by atoms with Gasteiger partial charge in [0.1, 0.15) is 5.69 Å². The number of aromatic nitrogens is 1. The van der Waals surface area contributed by atoms with Crippen LogP contribution < -0.4 is 5.32 Å². The molecule has 1 N–H and O–H groups in total. The van der Waals surface area contributed by atoms with E-state index in [0.717, 1.165) is 12.0 Å². The van der Waals surface area contributed by atoms with Crippen LogP contribution in [0.1, 0.15) is 32.8 Å². The van der Waals surface area contributed by atoms with Crippen LogP contribution in [-0.4, -0.2) is 24.3 Å². The molecule has 124 valence electrons. The molecule has 0 bridgehead atoms. The third kappa shape index (κ3) is 5.53. The van der Waals surface area contributed by atoms with Crippen molar-refractivity contribution in [1.29, 1.82) is 0 Å². The van der Waals surface area contributed by atoms with Gasteiger partial charge in [-0.25, -0.2) is 0 Å². The van der Waals surface area contributed by atoms with E-state index in [4.69, 9.17) is 9.26 Å². The molecule has 5 heteroatoms. The summed E-state index contributed by atoms with van der Waals surface area (Å²) in [6.45, 7) is 7.33. The van der Waals surface area contributed by atoms with Crippen LogP contribution in [0, 0.1) is 5.92 Å². The molecule has 23 heavy (non-hydrogen) atoms. The molecule has 2 aromatic rings. The summed E-state index contributed by atoms with van der Waals surface area (Å²) in [5, 5.41) is 6.69. The van der Waals surface area contributed by atoms with Gasteiger partial charge in [0.2, 0.25) is 11.8 Å². The summed E-state index contributed by atoms with van der Waals surface area (Å²) in [5.74, 6) is 0.681. The molecular weight excluding hydrogens is 292 g/mol. The van der Waals surface area contributed by atoms with Gasteiger partial charge < -0.3 is 9.26 Å². The highest BCUT2D eigenvalue weighted by Crippen LogP contribution is 2.22. The number of benzene rings is 1. The first-order valence-electron chi connectivity index (χ1n) is 8.02. The van der Waals surface area contributed by atoms with Crippen LogP contribution >= 0.6 is 0 Å². The highest BCUT2D eigenvalue weighted by atomic mass is 16.5. The van der Waals surface area contributed by atoms with Crippen LogP contribution in [0.25, 0.3) is 11.3 Å². The highest BCUT2D eigenvalue weighted by Gasteiger charge is 2.10. The molecule has 0 saturated heterocycles. The summed E-state index contributed by atoms with van der Waals surface area (Å²) in [4.78, 5) is 11.8. The molecule has 0 saturated carbocycles. The Labute approximate surface area is 137 Å². The molecule has 1 heterocycles. The van der Waals surface area contributed by atoms with E-state index in [1.165, 1.54) is 5.56 Å². The third-order valence-electron chi connectivity index (χ3n) is 3.36. The quantitative estimate of drug-likeness (QED) is 0.750. The zero-order valence-corrected chi connectivity index (χ0v) is 14.0. The molecule has 1 aromatic heterocycles. The maximum atomic E-state index is 11.8. The maximum Gasteiger partial charge on any atom is 0.231 e. The lowest BCUT2D eigenvalue weighted by molar-refractivity contribution is -0.117. The van der Waals surface area contributed by atoms with Crippen molar-refractivity contribution in [2.24, 2.45) is 5.92 Å². The summed E-state index contributed by atoms with van der Waals surface area (Å²) in [5.41, 5.74) is 2.94. The van der Waals surface area contributed by atoms with E-state index in [1.54, 1.807) is 6.07 Å². The summed E-state index contributed by atoms with van der Waals surface area (Å²) in [6, 6.07) is 9.86. The molecule has 5 nitrogen and oxygen atoms in total. The minimum absolute atomic E-state index is 0.141. The Hall–Kier alpha value is -2.14. The van der Waals surface area contributed by atoms with Gasteiger partial charge in [-0.2, -0.15) is 0 Å². The van der Waals surface area contributed by atoms with E-state index >= 15 is 0 Å². The van der Waals surface area contributed by atoms with Gasteiger partial charge in [0, 0.05) is 18.2 Å². The number of ether oxygens (including phenoxy) is 1. The van der Waals surface area contributed by atoms with E-state index < -0.39 is 0 Å². The first kappa shape index (κ1) is 17.2. The number of hydrogen-bond donors (Lipinski definition) is 1. The second-order valence-corrected chi connectivity index (χ2v) is 5.89. The van der Waals surface area contributed by atoms with E-state index in [9.17, 15) is 4.79 Å². The van der Waals surface area contributed by atoms with Crippen LogP contribution in [0.4, 0.5) is 5.88 Å². The Kier molecular flexibility index (Phi) is 6.35. The minimum atomic E-state index is -0.141. The molecule has 0 fully saturated rings. The molecule has 1 amide bonds. The fourth-order valence-corrected chi connectivity index (χ4v) is 2.07. The Morgan fingerprint density at radius 3 is 2.70 bits per heavy atom. The van der Waals surface area contributed by atoms with Gasteiger partial charge in [0.15, 0.2) is 0 Å². The zero-order valence-electron chi connectivity index (χ0n) is 14.0. The van der Waals surface area contributed by atoms with E-state index in [-0.39, 0.29) is 5.91 Å². The van der Waals surface area contributed by atoms with Gasteiger partial charge in [-0.1, -0.05) is 50.2 Å². The number of nitrogens with zero attached hydrogens (tertiary/aromatic N) is 1. The molecule has 0 aliphatic carbocycles. The van der Waals surface area contributed by atoms with Crippen molar-refractivity contribution in [3.05, 3.63) is 35.9 Å². The first-order valence-corrected chi connectivity index (χ1v) is 8.02. The average Bonchev–Trinajstić information content (AvgIpc) is 3.00. The van der Waals surface area contributed by atoms with Crippen molar-refractivity contribution >= 4 is 11.8 Å². The van der Waals surface area contributed by atoms with E-state index in [1.807, 2.05) is 12.1 Å². The molecular formula is C18H24N2O3. The molecule has 0 aliphatic rings. The van der Waals surface area contributed by atoms with Crippen LogP contribution in [0.5, 0.6) is 0 Å².